The summed E-state index contributed by atoms with van der Waals surface area (Å²) in [5.41, 5.74) is -1.06. The van der Waals surface area contributed by atoms with E-state index >= 15 is 0 Å². The molecular formula is C21H16N2O11S3. The van der Waals surface area contributed by atoms with Gasteiger partial charge >= 0.3 is 0 Å². The molecule has 0 bridgehead atoms. The van der Waals surface area contributed by atoms with E-state index in [4.69, 9.17) is 0 Å². The molecule has 4 N–H and O–H groups in total. The Bertz CT molecular complexity index is 1890. The van der Waals surface area contributed by atoms with Gasteiger partial charge in [0.1, 0.15) is 5.56 Å². The Morgan fingerprint density at radius 1 is 0.514 bits per heavy atom. The highest BCUT2D eigenvalue weighted by molar-refractivity contribution is 7.86. The minimum Gasteiger partial charge on any atom is -0.493 e. The van der Waals surface area contributed by atoms with Gasteiger partial charge in [-0.15, -0.1) is 0 Å². The topological polar surface area (TPSA) is 210 Å². The maximum Gasteiger partial charge on any atom is 0.294 e. The molecule has 0 amide bonds. The van der Waals surface area contributed by atoms with Gasteiger partial charge in [0.05, 0.1) is 26.1 Å². The molecule has 1 heterocycles. The average molecular weight is 569 g/mol. The maximum atomic E-state index is 13.5. The second-order valence-electron chi connectivity index (χ2n) is 7.56. The second kappa shape index (κ2) is 8.94. The fourth-order valence-corrected chi connectivity index (χ4v) is 4.97. The van der Waals surface area contributed by atoms with Gasteiger partial charge in [-0.05, 0) is 66.2 Å². The number of aromatic hydroxyl groups is 1. The molecule has 4 rings (SSSR count). The first kappa shape index (κ1) is 26.3. The van der Waals surface area contributed by atoms with E-state index in [2.05, 4.69) is 0 Å². The Balaban J connectivity index is 1.99. The molecule has 0 aliphatic rings. The molecule has 16 heteroatoms. The van der Waals surface area contributed by atoms with Crippen LogP contribution in [-0.2, 0) is 30.4 Å². The Labute approximate surface area is 209 Å². The Morgan fingerprint density at radius 3 is 1.19 bits per heavy atom. The van der Waals surface area contributed by atoms with Crippen molar-refractivity contribution < 1.29 is 44.0 Å². The number of nitrogens with zero attached hydrogens (tertiary/aromatic N) is 2. The summed E-state index contributed by atoms with van der Waals surface area (Å²) in [5, 5.41) is 11.1. The van der Waals surface area contributed by atoms with Gasteiger partial charge in [-0.1, -0.05) is 12.1 Å². The molecule has 0 spiro atoms. The van der Waals surface area contributed by atoms with Gasteiger partial charge in [-0.3, -0.25) is 18.5 Å². The summed E-state index contributed by atoms with van der Waals surface area (Å²) in [6.45, 7) is 0. The maximum absolute atomic E-state index is 13.5. The number of aromatic nitrogens is 2. The van der Waals surface area contributed by atoms with Crippen LogP contribution in [-0.4, -0.2) is 53.4 Å². The summed E-state index contributed by atoms with van der Waals surface area (Å²) in [6, 6.07) is 13.1. The minimum absolute atomic E-state index is 0.0207. The summed E-state index contributed by atoms with van der Waals surface area (Å²) in [5.74, 6) is -0.664. The van der Waals surface area contributed by atoms with Gasteiger partial charge in [-0.25, -0.2) is 9.36 Å². The van der Waals surface area contributed by atoms with Gasteiger partial charge in [-0.2, -0.15) is 25.3 Å². The van der Waals surface area contributed by atoms with Crippen LogP contribution in [0.25, 0.3) is 22.5 Å². The number of benzene rings is 3. The van der Waals surface area contributed by atoms with Crippen molar-refractivity contribution in [3.63, 3.8) is 0 Å². The Hall–Kier alpha value is -3.80. The third-order valence-electron chi connectivity index (χ3n) is 5.23. The highest BCUT2D eigenvalue weighted by atomic mass is 32.2. The fraction of sp³-hybridized carbons (Fsp3) is 0. The van der Waals surface area contributed by atoms with E-state index in [1.54, 1.807) is 0 Å². The highest BCUT2D eigenvalue weighted by Crippen LogP contribution is 2.32. The van der Waals surface area contributed by atoms with E-state index in [0.717, 1.165) is 70.0 Å². The molecule has 0 fully saturated rings. The lowest BCUT2D eigenvalue weighted by Gasteiger charge is -2.13. The van der Waals surface area contributed by atoms with Gasteiger partial charge in [0.15, 0.2) is 0 Å². The smallest absolute Gasteiger partial charge is 0.294 e. The third-order valence-corrected chi connectivity index (χ3v) is 7.83. The predicted molar refractivity (Wildman–Crippen MR) is 128 cm³/mol. The molecule has 13 nitrogen and oxygen atoms in total. The predicted octanol–water partition coefficient (Wildman–Crippen LogP) is 1.74. The molecule has 0 atom stereocenters. The summed E-state index contributed by atoms with van der Waals surface area (Å²) in [4.78, 5) is 12.1. The average Bonchev–Trinajstić information content (AvgIpc) is 3.07. The van der Waals surface area contributed by atoms with E-state index in [1.165, 1.54) is 12.1 Å². The molecule has 0 unspecified atom stereocenters. The lowest BCUT2D eigenvalue weighted by atomic mass is 10.1. The van der Waals surface area contributed by atoms with Gasteiger partial charge in [0.25, 0.3) is 35.9 Å². The number of hydrogen-bond donors (Lipinski definition) is 4. The van der Waals surface area contributed by atoms with Crippen molar-refractivity contribution in [1.82, 2.24) is 9.36 Å². The molecule has 1 aromatic heterocycles. The van der Waals surface area contributed by atoms with Crippen molar-refractivity contribution in [3.05, 3.63) is 83.2 Å². The van der Waals surface area contributed by atoms with Crippen molar-refractivity contribution in [2.45, 2.75) is 14.7 Å². The molecule has 37 heavy (non-hydrogen) atoms. The summed E-state index contributed by atoms with van der Waals surface area (Å²) < 4.78 is 97.9. The minimum atomic E-state index is -4.55. The van der Waals surface area contributed by atoms with Crippen LogP contribution in [0.4, 0.5) is 0 Å². The van der Waals surface area contributed by atoms with Crippen LogP contribution in [0.1, 0.15) is 0 Å². The van der Waals surface area contributed by atoms with Crippen LogP contribution in [0, 0.1) is 0 Å². The third kappa shape index (κ3) is 5.06. The SMILES string of the molecule is O=c1c(-c2ccc(S(=O)(=O)O)cc2)c(O)n(-c2ccc(S(=O)(=O)O)cc2)n1-c1ccc(S(=O)(=O)O)cc1. The normalized spacial score (nSPS) is 12.5. The van der Waals surface area contributed by atoms with E-state index in [1.807, 2.05) is 0 Å². The van der Waals surface area contributed by atoms with Crippen LogP contribution in [0.15, 0.2) is 92.3 Å². The number of rotatable bonds is 6. The lowest BCUT2D eigenvalue weighted by molar-refractivity contribution is 0.426. The standard InChI is InChI=1S/C21H16N2O11S3/c24-20-19(13-1-7-16(8-2-13)35(26,27)28)21(25)23(15-5-11-18(12-6-15)37(32,33)34)22(20)14-3-9-17(10-4-14)36(29,30)31/h1-12,24H,(H,26,27,28)(H,29,30,31)(H,32,33,34). The van der Waals surface area contributed by atoms with Crippen LogP contribution < -0.4 is 5.56 Å². The van der Waals surface area contributed by atoms with Crippen LogP contribution >= 0.6 is 0 Å². The zero-order valence-corrected chi connectivity index (χ0v) is 20.6. The largest absolute Gasteiger partial charge is 0.493 e. The van der Waals surface area contributed by atoms with Crippen molar-refractivity contribution >= 4 is 30.4 Å². The van der Waals surface area contributed by atoms with Gasteiger partial charge < -0.3 is 5.11 Å². The van der Waals surface area contributed by atoms with Crippen molar-refractivity contribution in [2.75, 3.05) is 0 Å². The molecule has 0 aliphatic carbocycles. The van der Waals surface area contributed by atoms with Crippen molar-refractivity contribution in [3.8, 4) is 28.4 Å². The molecule has 4 aromatic rings. The van der Waals surface area contributed by atoms with Gasteiger partial charge in [0, 0.05) is 0 Å². The van der Waals surface area contributed by atoms with Crippen molar-refractivity contribution in [2.24, 2.45) is 0 Å². The molecular weight excluding hydrogens is 552 g/mol. The first-order valence-corrected chi connectivity index (χ1v) is 14.2. The van der Waals surface area contributed by atoms with Crippen LogP contribution in [0.2, 0.25) is 0 Å². The van der Waals surface area contributed by atoms with E-state index in [0.29, 0.717) is 0 Å². The monoisotopic (exact) mass is 568 g/mol. The first-order chi connectivity index (χ1) is 17.1. The molecule has 0 radical (unpaired) electrons. The van der Waals surface area contributed by atoms with Crippen LogP contribution in [0.3, 0.4) is 0 Å². The first-order valence-electron chi connectivity index (χ1n) is 9.90. The fourth-order valence-electron chi connectivity index (χ4n) is 3.53. The quantitative estimate of drug-likeness (QED) is 0.246. The lowest BCUT2D eigenvalue weighted by Crippen LogP contribution is -2.21. The van der Waals surface area contributed by atoms with E-state index < -0.39 is 56.5 Å². The molecule has 0 saturated heterocycles. The van der Waals surface area contributed by atoms with E-state index in [-0.39, 0.29) is 22.5 Å². The molecule has 194 valence electrons. The van der Waals surface area contributed by atoms with Crippen molar-refractivity contribution in [1.29, 1.82) is 0 Å². The van der Waals surface area contributed by atoms with Gasteiger partial charge in [0.2, 0.25) is 5.88 Å². The summed E-state index contributed by atoms with van der Waals surface area (Å²) in [7, 11) is -13.6. The summed E-state index contributed by atoms with van der Waals surface area (Å²) >= 11 is 0. The highest BCUT2D eigenvalue weighted by Gasteiger charge is 2.24. The zero-order valence-electron chi connectivity index (χ0n) is 18.2. The molecule has 0 saturated carbocycles. The van der Waals surface area contributed by atoms with E-state index in [9.17, 15) is 48.8 Å². The number of hydrogen-bond acceptors (Lipinski definition) is 8. The second-order valence-corrected chi connectivity index (χ2v) is 11.8. The molecule has 0 aliphatic heterocycles. The van der Waals surface area contributed by atoms with Crippen LogP contribution in [0.5, 0.6) is 5.88 Å². The Kier molecular flexibility index (Phi) is 6.35. The summed E-state index contributed by atoms with van der Waals surface area (Å²) in [6.07, 6.45) is 0. The molecule has 3 aromatic carbocycles. The Morgan fingerprint density at radius 2 is 0.838 bits per heavy atom. The zero-order chi connectivity index (χ0) is 27.3.